The van der Waals surface area contributed by atoms with E-state index in [-0.39, 0.29) is 48.2 Å². The number of anilines is 1. The van der Waals surface area contributed by atoms with Crippen molar-refractivity contribution in [3.63, 3.8) is 0 Å². The number of fused-ring (bicyclic) bond motifs is 3. The lowest BCUT2D eigenvalue weighted by Crippen LogP contribution is -2.64. The quantitative estimate of drug-likeness (QED) is 0.570. The molecule has 1 atom stereocenters. The van der Waals surface area contributed by atoms with Gasteiger partial charge in [0.15, 0.2) is 0 Å². The average molecular weight is 483 g/mol. The first-order valence-corrected chi connectivity index (χ1v) is 12.4. The topological polar surface area (TPSA) is 83.4 Å². The van der Waals surface area contributed by atoms with Gasteiger partial charge in [0.25, 0.3) is 5.91 Å². The van der Waals surface area contributed by atoms with Crippen LogP contribution < -0.4 is 10.6 Å². The fraction of sp³-hybridized carbons (Fsp3) is 0.400. The predicted octanol–water partition coefficient (Wildman–Crippen LogP) is 4.27. The lowest BCUT2D eigenvalue weighted by Gasteiger charge is -2.44. The molecular weight excluding hydrogens is 455 g/mol. The molecule has 1 fully saturated rings. The Morgan fingerprint density at radius 2 is 2.00 bits per heavy atom. The molecule has 1 aliphatic heterocycles. The van der Waals surface area contributed by atoms with Crippen molar-refractivity contribution in [1.82, 2.24) is 14.8 Å². The largest absolute Gasteiger partial charge is 0.351 e. The maximum absolute atomic E-state index is 14.2. The Bertz CT molecular complexity index is 1280. The Labute approximate surface area is 200 Å². The van der Waals surface area contributed by atoms with E-state index in [1.165, 1.54) is 30.4 Å². The van der Waals surface area contributed by atoms with E-state index in [4.69, 9.17) is 0 Å². The molecule has 178 valence electrons. The van der Waals surface area contributed by atoms with Gasteiger partial charge in [0.2, 0.25) is 11.8 Å². The van der Waals surface area contributed by atoms with Gasteiger partial charge in [-0.05, 0) is 49.4 Å². The van der Waals surface area contributed by atoms with Crippen molar-refractivity contribution in [2.24, 2.45) is 0 Å². The van der Waals surface area contributed by atoms with Crippen LogP contribution in [0.15, 0.2) is 35.7 Å². The Balaban J connectivity index is 1.65. The van der Waals surface area contributed by atoms with E-state index in [9.17, 15) is 18.8 Å². The highest BCUT2D eigenvalue weighted by Gasteiger charge is 2.49. The smallest absolute Gasteiger partial charge is 0.273 e. The van der Waals surface area contributed by atoms with E-state index in [1.54, 1.807) is 22.5 Å². The fourth-order valence-electron chi connectivity index (χ4n) is 5.17. The highest BCUT2D eigenvalue weighted by Crippen LogP contribution is 2.40. The molecule has 3 aromatic rings. The van der Waals surface area contributed by atoms with Gasteiger partial charge in [0, 0.05) is 23.2 Å². The maximum atomic E-state index is 14.2. The summed E-state index contributed by atoms with van der Waals surface area (Å²) in [6, 6.07) is 8.19. The summed E-state index contributed by atoms with van der Waals surface area (Å²) in [6.45, 7) is 3.60. The first-order valence-electron chi connectivity index (χ1n) is 11.5. The fourth-order valence-corrected chi connectivity index (χ4v) is 5.86. The molecule has 3 amide bonds. The van der Waals surface area contributed by atoms with Crippen LogP contribution in [0.5, 0.6) is 0 Å². The van der Waals surface area contributed by atoms with Crippen LogP contribution in [0, 0.1) is 5.82 Å². The van der Waals surface area contributed by atoms with E-state index in [0.29, 0.717) is 10.9 Å². The zero-order valence-electron chi connectivity index (χ0n) is 19.2. The number of carbonyl (C=O) groups excluding carboxylic acids is 3. The summed E-state index contributed by atoms with van der Waals surface area (Å²) >= 11 is 1.52. The molecule has 0 saturated heterocycles. The second kappa shape index (κ2) is 8.54. The van der Waals surface area contributed by atoms with Crippen LogP contribution in [-0.2, 0) is 22.7 Å². The van der Waals surface area contributed by atoms with Crippen LogP contribution in [0.3, 0.4) is 0 Å². The van der Waals surface area contributed by atoms with Crippen LogP contribution in [-0.4, -0.2) is 38.8 Å². The summed E-state index contributed by atoms with van der Waals surface area (Å²) in [5.74, 6) is -1.39. The van der Waals surface area contributed by atoms with E-state index in [1.807, 2.05) is 17.5 Å². The molecule has 1 aliphatic carbocycles. The van der Waals surface area contributed by atoms with Gasteiger partial charge in [-0.15, -0.1) is 11.3 Å². The van der Waals surface area contributed by atoms with E-state index in [0.717, 1.165) is 30.6 Å². The van der Waals surface area contributed by atoms with Gasteiger partial charge in [0.05, 0.1) is 24.3 Å². The van der Waals surface area contributed by atoms with Gasteiger partial charge >= 0.3 is 0 Å². The van der Waals surface area contributed by atoms with Crippen molar-refractivity contribution in [1.29, 1.82) is 0 Å². The zero-order chi connectivity index (χ0) is 24.0. The molecule has 0 spiro atoms. The molecule has 2 N–H and O–H groups in total. The molecule has 1 saturated carbocycles. The highest BCUT2D eigenvalue weighted by atomic mass is 32.1. The van der Waals surface area contributed by atoms with Crippen molar-refractivity contribution in [2.75, 3.05) is 5.32 Å². The molecule has 0 bridgehead atoms. The molecule has 1 aromatic carbocycles. The monoisotopic (exact) mass is 482 g/mol. The molecule has 7 nitrogen and oxygen atoms in total. The number of nitrogens with one attached hydrogen (secondary N) is 2. The van der Waals surface area contributed by atoms with Crippen molar-refractivity contribution in [3.05, 3.63) is 52.1 Å². The molecule has 3 heterocycles. The summed E-state index contributed by atoms with van der Waals surface area (Å²) in [6.07, 6.45) is 4.03. The number of amides is 3. The number of benzene rings is 1. The minimum absolute atomic E-state index is 0.106. The maximum Gasteiger partial charge on any atom is 0.273 e. The lowest BCUT2D eigenvalue weighted by atomic mass is 9.93. The van der Waals surface area contributed by atoms with Crippen LogP contribution >= 0.6 is 11.3 Å². The van der Waals surface area contributed by atoms with E-state index in [2.05, 4.69) is 10.6 Å². The molecule has 9 heteroatoms. The number of halogens is 1. The normalized spacial score (nSPS) is 20.6. The SMILES string of the molecule is CC(=O)Nc1c2n(c3ccc(F)cc13)C[C@](C)(C(=O)NC1CCCC1)N(Cc1cccs1)C2=O. The van der Waals surface area contributed by atoms with Crippen molar-refractivity contribution in [3.8, 4) is 0 Å². The third-order valence-corrected chi connectivity index (χ3v) is 7.77. The first kappa shape index (κ1) is 22.6. The molecular formula is C25H27FN4O3S. The van der Waals surface area contributed by atoms with Gasteiger partial charge in [-0.1, -0.05) is 18.9 Å². The van der Waals surface area contributed by atoms with Gasteiger partial charge in [-0.25, -0.2) is 4.39 Å². The molecule has 5 rings (SSSR count). The van der Waals surface area contributed by atoms with Gasteiger partial charge < -0.3 is 20.1 Å². The molecule has 0 radical (unpaired) electrons. The first-order chi connectivity index (χ1) is 16.3. The van der Waals surface area contributed by atoms with Gasteiger partial charge in [-0.2, -0.15) is 0 Å². The number of thiophene rings is 1. The summed E-state index contributed by atoms with van der Waals surface area (Å²) in [5, 5.41) is 8.28. The Morgan fingerprint density at radius 3 is 2.68 bits per heavy atom. The Hall–Kier alpha value is -3.20. The third kappa shape index (κ3) is 3.77. The van der Waals surface area contributed by atoms with Gasteiger partial charge in [-0.3, -0.25) is 14.4 Å². The summed E-state index contributed by atoms with van der Waals surface area (Å²) in [5.41, 5.74) is -0.0195. The number of nitrogens with zero attached hydrogens (tertiary/aromatic N) is 2. The van der Waals surface area contributed by atoms with E-state index >= 15 is 0 Å². The predicted molar refractivity (Wildman–Crippen MR) is 129 cm³/mol. The number of hydrogen-bond donors (Lipinski definition) is 2. The molecule has 2 aromatic heterocycles. The number of hydrogen-bond acceptors (Lipinski definition) is 4. The van der Waals surface area contributed by atoms with Crippen LogP contribution in [0.1, 0.15) is 54.9 Å². The molecule has 34 heavy (non-hydrogen) atoms. The van der Waals surface area contributed by atoms with Crippen molar-refractivity contribution in [2.45, 2.75) is 64.2 Å². The van der Waals surface area contributed by atoms with E-state index < -0.39 is 11.4 Å². The minimum atomic E-state index is -1.16. The van der Waals surface area contributed by atoms with Gasteiger partial charge in [0.1, 0.15) is 17.1 Å². The Morgan fingerprint density at radius 1 is 1.24 bits per heavy atom. The lowest BCUT2D eigenvalue weighted by molar-refractivity contribution is -0.133. The van der Waals surface area contributed by atoms with Crippen molar-refractivity contribution < 1.29 is 18.8 Å². The van der Waals surface area contributed by atoms with Crippen LogP contribution in [0.2, 0.25) is 0 Å². The van der Waals surface area contributed by atoms with Crippen LogP contribution in [0.25, 0.3) is 10.9 Å². The summed E-state index contributed by atoms with van der Waals surface area (Å²) < 4.78 is 15.9. The average Bonchev–Trinajstić information content (AvgIpc) is 3.53. The zero-order valence-corrected chi connectivity index (χ0v) is 20.0. The highest BCUT2D eigenvalue weighted by molar-refractivity contribution is 7.09. The molecule has 0 unspecified atom stereocenters. The Kier molecular flexibility index (Phi) is 5.67. The second-order valence-corrected chi connectivity index (χ2v) is 10.4. The summed E-state index contributed by atoms with van der Waals surface area (Å²) in [7, 11) is 0. The third-order valence-electron chi connectivity index (χ3n) is 6.91. The number of rotatable bonds is 5. The number of carbonyl (C=O) groups is 3. The standard InChI is InChI=1S/C25H27FN4O3S/c1-15(31)27-21-19-12-16(26)9-10-20(19)29-14-25(2,24(33)28-17-6-3-4-7-17)30(23(32)22(21)29)13-18-8-5-11-34-18/h5,8-12,17H,3-4,6-7,13-14H2,1-2H3,(H,27,31)(H,28,33)/t25-/m1/s1. The number of aromatic nitrogens is 1. The van der Waals surface area contributed by atoms with Crippen LogP contribution in [0.4, 0.5) is 10.1 Å². The van der Waals surface area contributed by atoms with Crippen molar-refractivity contribution >= 4 is 45.6 Å². The second-order valence-electron chi connectivity index (χ2n) is 9.35. The molecule has 2 aliphatic rings. The minimum Gasteiger partial charge on any atom is -0.351 e. The summed E-state index contributed by atoms with van der Waals surface area (Å²) in [4.78, 5) is 42.3.